The molecule has 0 radical (unpaired) electrons. The molecule has 1 fully saturated rings. The maximum absolute atomic E-state index is 12.6. The third-order valence-electron chi connectivity index (χ3n) is 4.42. The Morgan fingerprint density at radius 2 is 1.83 bits per heavy atom. The first-order valence-corrected chi connectivity index (χ1v) is 8.52. The van der Waals surface area contributed by atoms with Gasteiger partial charge in [0.15, 0.2) is 0 Å². The zero-order chi connectivity index (χ0) is 17.1. The number of anilines is 2. The van der Waals surface area contributed by atoms with Crippen LogP contribution in [0.15, 0.2) is 24.3 Å². The van der Waals surface area contributed by atoms with Crippen molar-refractivity contribution in [2.24, 2.45) is 0 Å². The van der Waals surface area contributed by atoms with E-state index in [0.717, 1.165) is 35.5 Å². The first kappa shape index (κ1) is 16.4. The molecule has 1 heterocycles. The highest BCUT2D eigenvalue weighted by Crippen LogP contribution is 2.22. The molecule has 1 aliphatic rings. The number of hydrogen-bond donors (Lipinski definition) is 2. The molecule has 2 N–H and O–H groups in total. The van der Waals surface area contributed by atoms with Gasteiger partial charge in [-0.25, -0.2) is 9.97 Å². The fourth-order valence-corrected chi connectivity index (χ4v) is 3.09. The van der Waals surface area contributed by atoms with Crippen molar-refractivity contribution in [3.63, 3.8) is 0 Å². The zero-order valence-electron chi connectivity index (χ0n) is 14.5. The van der Waals surface area contributed by atoms with Gasteiger partial charge in [0, 0.05) is 17.8 Å². The minimum atomic E-state index is -0.205. The summed E-state index contributed by atoms with van der Waals surface area (Å²) in [6.45, 7) is 5.80. The van der Waals surface area contributed by atoms with Gasteiger partial charge in [0.25, 0.3) is 5.91 Å². The molecule has 0 saturated heterocycles. The molecule has 0 atom stereocenters. The quantitative estimate of drug-likeness (QED) is 0.892. The lowest BCUT2D eigenvalue weighted by molar-refractivity contribution is 0.102. The van der Waals surface area contributed by atoms with Crippen LogP contribution >= 0.6 is 0 Å². The second-order valence-electron chi connectivity index (χ2n) is 6.58. The molecule has 0 unspecified atom stereocenters. The van der Waals surface area contributed by atoms with Crippen molar-refractivity contribution >= 4 is 17.4 Å². The van der Waals surface area contributed by atoms with Crippen molar-refractivity contribution in [2.75, 3.05) is 10.6 Å². The maximum Gasteiger partial charge on any atom is 0.274 e. The van der Waals surface area contributed by atoms with Crippen molar-refractivity contribution in [3.8, 4) is 0 Å². The van der Waals surface area contributed by atoms with E-state index in [1.807, 2.05) is 39.0 Å². The lowest BCUT2D eigenvalue weighted by Gasteiger charge is -2.14. The Kier molecular flexibility index (Phi) is 4.79. The van der Waals surface area contributed by atoms with Gasteiger partial charge in [-0.05, 0) is 50.8 Å². The van der Waals surface area contributed by atoms with E-state index in [0.29, 0.717) is 17.6 Å². The molecule has 1 aromatic carbocycles. The summed E-state index contributed by atoms with van der Waals surface area (Å²) in [4.78, 5) is 21.3. The standard InChI is InChI=1S/C19H24N4O/c1-12-8-9-13(2)16(10-12)23-19(24)17-11-18(21-14(3)20-17)22-15-6-4-5-7-15/h8-11,15H,4-7H2,1-3H3,(H,23,24)(H,20,21,22). The number of amides is 1. The van der Waals surface area contributed by atoms with E-state index in [1.165, 1.54) is 12.8 Å². The van der Waals surface area contributed by atoms with Gasteiger partial charge < -0.3 is 10.6 Å². The second kappa shape index (κ2) is 6.99. The first-order valence-electron chi connectivity index (χ1n) is 8.52. The largest absolute Gasteiger partial charge is 0.367 e. The van der Waals surface area contributed by atoms with Crippen molar-refractivity contribution in [2.45, 2.75) is 52.5 Å². The highest BCUT2D eigenvalue weighted by Gasteiger charge is 2.17. The van der Waals surface area contributed by atoms with Crippen molar-refractivity contribution < 1.29 is 4.79 Å². The average molecular weight is 324 g/mol. The lowest BCUT2D eigenvalue weighted by atomic mass is 10.1. The number of aromatic nitrogens is 2. The molecule has 0 spiro atoms. The fourth-order valence-electron chi connectivity index (χ4n) is 3.09. The number of aryl methyl sites for hydroxylation is 3. The molecule has 24 heavy (non-hydrogen) atoms. The summed E-state index contributed by atoms with van der Waals surface area (Å²) in [5.41, 5.74) is 3.35. The number of benzene rings is 1. The van der Waals surface area contributed by atoms with E-state index >= 15 is 0 Å². The van der Waals surface area contributed by atoms with Crippen LogP contribution in [0.4, 0.5) is 11.5 Å². The minimum Gasteiger partial charge on any atom is -0.367 e. The molecule has 1 aromatic heterocycles. The smallest absolute Gasteiger partial charge is 0.274 e. The molecule has 0 bridgehead atoms. The van der Waals surface area contributed by atoms with Gasteiger partial charge in [0.05, 0.1) is 0 Å². The number of carbonyl (C=O) groups excluding carboxylic acids is 1. The van der Waals surface area contributed by atoms with Gasteiger partial charge in [-0.2, -0.15) is 0 Å². The van der Waals surface area contributed by atoms with Gasteiger partial charge in [0.2, 0.25) is 0 Å². The van der Waals surface area contributed by atoms with Gasteiger partial charge in [0.1, 0.15) is 17.3 Å². The summed E-state index contributed by atoms with van der Waals surface area (Å²) in [6, 6.07) is 8.20. The highest BCUT2D eigenvalue weighted by atomic mass is 16.1. The molecule has 1 aliphatic carbocycles. The van der Waals surface area contributed by atoms with Crippen LogP contribution in [-0.2, 0) is 0 Å². The van der Waals surface area contributed by atoms with E-state index in [1.54, 1.807) is 6.07 Å². The summed E-state index contributed by atoms with van der Waals surface area (Å²) in [5, 5.41) is 6.39. The highest BCUT2D eigenvalue weighted by molar-refractivity contribution is 6.03. The maximum atomic E-state index is 12.6. The number of rotatable bonds is 4. The SMILES string of the molecule is Cc1ccc(C)c(NC(=O)c2cc(NC3CCCC3)nc(C)n2)c1. The summed E-state index contributed by atoms with van der Waals surface area (Å²) < 4.78 is 0. The van der Waals surface area contributed by atoms with Gasteiger partial charge in [-0.15, -0.1) is 0 Å². The molecule has 1 amide bonds. The van der Waals surface area contributed by atoms with E-state index < -0.39 is 0 Å². The molecule has 126 valence electrons. The van der Waals surface area contributed by atoms with Crippen LogP contribution in [0.25, 0.3) is 0 Å². The number of carbonyl (C=O) groups is 1. The van der Waals surface area contributed by atoms with Crippen LogP contribution in [0.3, 0.4) is 0 Å². The van der Waals surface area contributed by atoms with Gasteiger partial charge in [-0.1, -0.05) is 25.0 Å². The predicted molar refractivity (Wildman–Crippen MR) is 96.5 cm³/mol. The van der Waals surface area contributed by atoms with E-state index in [-0.39, 0.29) is 5.91 Å². The van der Waals surface area contributed by atoms with E-state index in [9.17, 15) is 4.79 Å². The molecular weight excluding hydrogens is 300 g/mol. The monoisotopic (exact) mass is 324 g/mol. The van der Waals surface area contributed by atoms with Crippen LogP contribution in [0.1, 0.15) is 53.1 Å². The summed E-state index contributed by atoms with van der Waals surface area (Å²) in [7, 11) is 0. The molecule has 0 aliphatic heterocycles. The third-order valence-corrected chi connectivity index (χ3v) is 4.42. The minimum absolute atomic E-state index is 0.205. The third kappa shape index (κ3) is 3.91. The Hall–Kier alpha value is -2.43. The Labute approximate surface area is 142 Å². The second-order valence-corrected chi connectivity index (χ2v) is 6.58. The molecule has 3 rings (SSSR count). The van der Waals surface area contributed by atoms with Crippen LogP contribution in [0, 0.1) is 20.8 Å². The summed E-state index contributed by atoms with van der Waals surface area (Å²) >= 11 is 0. The summed E-state index contributed by atoms with van der Waals surface area (Å²) in [5.74, 6) is 1.13. The van der Waals surface area contributed by atoms with E-state index in [2.05, 4.69) is 20.6 Å². The van der Waals surface area contributed by atoms with E-state index in [4.69, 9.17) is 0 Å². The normalized spacial score (nSPS) is 14.6. The van der Waals surface area contributed by atoms with Crippen LogP contribution < -0.4 is 10.6 Å². The fraction of sp³-hybridized carbons (Fsp3) is 0.421. The van der Waals surface area contributed by atoms with Crippen molar-refractivity contribution in [1.29, 1.82) is 0 Å². The van der Waals surface area contributed by atoms with Crippen molar-refractivity contribution in [3.05, 3.63) is 46.9 Å². The molecule has 1 saturated carbocycles. The van der Waals surface area contributed by atoms with Gasteiger partial charge >= 0.3 is 0 Å². The lowest BCUT2D eigenvalue weighted by Crippen LogP contribution is -2.19. The molecule has 2 aromatic rings. The Morgan fingerprint density at radius 1 is 1.08 bits per heavy atom. The number of hydrogen-bond acceptors (Lipinski definition) is 4. The first-order chi connectivity index (χ1) is 11.5. The number of nitrogens with zero attached hydrogens (tertiary/aromatic N) is 2. The molecule has 5 nitrogen and oxygen atoms in total. The van der Waals surface area contributed by atoms with Crippen molar-refractivity contribution in [1.82, 2.24) is 9.97 Å². The molecular formula is C19H24N4O. The van der Waals surface area contributed by atoms with Crippen LogP contribution in [0.5, 0.6) is 0 Å². The Balaban J connectivity index is 1.78. The Morgan fingerprint density at radius 3 is 2.58 bits per heavy atom. The van der Waals surface area contributed by atoms with Crippen LogP contribution in [0.2, 0.25) is 0 Å². The predicted octanol–water partition coefficient (Wildman–Crippen LogP) is 4.01. The average Bonchev–Trinajstić information content (AvgIpc) is 3.03. The molecule has 5 heteroatoms. The Bertz CT molecular complexity index is 751. The van der Waals surface area contributed by atoms with Gasteiger partial charge in [-0.3, -0.25) is 4.79 Å². The van der Waals surface area contributed by atoms with Crippen LogP contribution in [-0.4, -0.2) is 21.9 Å². The topological polar surface area (TPSA) is 66.9 Å². The zero-order valence-corrected chi connectivity index (χ0v) is 14.5. The summed E-state index contributed by atoms with van der Waals surface area (Å²) in [6.07, 6.45) is 4.82. The number of nitrogens with one attached hydrogen (secondary N) is 2.